The van der Waals surface area contributed by atoms with Gasteiger partial charge in [0.1, 0.15) is 0 Å². The van der Waals surface area contributed by atoms with Crippen molar-refractivity contribution < 1.29 is 9.90 Å². The summed E-state index contributed by atoms with van der Waals surface area (Å²) in [6.45, 7) is 9.40. The summed E-state index contributed by atoms with van der Waals surface area (Å²) in [4.78, 5) is 14.7. The summed E-state index contributed by atoms with van der Waals surface area (Å²) in [6, 6.07) is 0.224. The van der Waals surface area contributed by atoms with Crippen LogP contribution in [-0.4, -0.2) is 35.1 Å². The van der Waals surface area contributed by atoms with Gasteiger partial charge < -0.3 is 10.0 Å². The van der Waals surface area contributed by atoms with E-state index >= 15 is 0 Å². The molecule has 1 atom stereocenters. The number of aliphatic hydroxyl groups is 1. The number of hydrogen-bond acceptors (Lipinski definition) is 2. The second-order valence-electron chi connectivity index (χ2n) is 6.49. The highest BCUT2D eigenvalue weighted by Gasteiger charge is 2.39. The Morgan fingerprint density at radius 3 is 2.56 bits per heavy atom. The quantitative estimate of drug-likeness (QED) is 0.820. The van der Waals surface area contributed by atoms with Gasteiger partial charge in [-0.25, -0.2) is 0 Å². The molecule has 0 saturated heterocycles. The third kappa shape index (κ3) is 3.71. The normalized spacial score (nSPS) is 23.1. The molecule has 1 fully saturated rings. The number of aliphatic hydroxyl groups excluding tert-OH is 1. The maximum atomic E-state index is 12.7. The van der Waals surface area contributed by atoms with E-state index in [0.717, 1.165) is 12.8 Å². The second kappa shape index (κ2) is 6.55. The predicted octanol–water partition coefficient (Wildman–Crippen LogP) is 2.82. The van der Waals surface area contributed by atoms with Crippen molar-refractivity contribution in [3.8, 4) is 0 Å². The summed E-state index contributed by atoms with van der Waals surface area (Å²) in [5, 5.41) is 8.95. The minimum Gasteiger partial charge on any atom is -0.396 e. The minimum absolute atomic E-state index is 0.127. The highest BCUT2D eigenvalue weighted by atomic mass is 16.3. The van der Waals surface area contributed by atoms with E-state index in [-0.39, 0.29) is 24.0 Å². The van der Waals surface area contributed by atoms with Crippen molar-refractivity contribution in [2.45, 2.75) is 65.8 Å². The lowest BCUT2D eigenvalue weighted by Crippen LogP contribution is -2.47. The fourth-order valence-corrected chi connectivity index (χ4v) is 3.02. The first kappa shape index (κ1) is 15.5. The van der Waals surface area contributed by atoms with Crippen molar-refractivity contribution in [1.29, 1.82) is 0 Å². The minimum atomic E-state index is 0.127. The van der Waals surface area contributed by atoms with Gasteiger partial charge in [0.25, 0.3) is 0 Å². The molecule has 18 heavy (non-hydrogen) atoms. The molecule has 0 aliphatic heterocycles. The van der Waals surface area contributed by atoms with Gasteiger partial charge in [-0.05, 0) is 38.5 Å². The SMILES string of the molecule is CC(C)N(CCCO)C(=O)C1CCCCC1(C)C. The summed E-state index contributed by atoms with van der Waals surface area (Å²) >= 11 is 0. The highest BCUT2D eigenvalue weighted by molar-refractivity contribution is 5.80. The lowest BCUT2D eigenvalue weighted by Gasteiger charge is -2.41. The highest BCUT2D eigenvalue weighted by Crippen LogP contribution is 2.41. The summed E-state index contributed by atoms with van der Waals surface area (Å²) in [5.41, 5.74) is 0.127. The number of carbonyl (C=O) groups excluding carboxylic acids is 1. The molecule has 0 aromatic heterocycles. The Labute approximate surface area is 112 Å². The third-order valence-corrected chi connectivity index (χ3v) is 4.27. The van der Waals surface area contributed by atoms with Crippen LogP contribution in [0.2, 0.25) is 0 Å². The first-order valence-electron chi connectivity index (χ1n) is 7.31. The summed E-state index contributed by atoms with van der Waals surface area (Å²) in [6.07, 6.45) is 5.27. The number of nitrogens with zero attached hydrogens (tertiary/aromatic N) is 1. The van der Waals surface area contributed by atoms with Gasteiger partial charge in [0.05, 0.1) is 0 Å². The standard InChI is InChI=1S/C15H29NO2/c1-12(2)16(10-7-11-17)14(18)13-8-5-6-9-15(13,3)4/h12-13,17H,5-11H2,1-4H3. The third-order valence-electron chi connectivity index (χ3n) is 4.27. The lowest BCUT2D eigenvalue weighted by atomic mass is 9.68. The van der Waals surface area contributed by atoms with E-state index in [1.807, 2.05) is 4.90 Å². The van der Waals surface area contributed by atoms with E-state index in [2.05, 4.69) is 27.7 Å². The second-order valence-corrected chi connectivity index (χ2v) is 6.49. The molecule has 3 heteroatoms. The van der Waals surface area contributed by atoms with Gasteiger partial charge in [-0.1, -0.05) is 26.7 Å². The van der Waals surface area contributed by atoms with E-state index < -0.39 is 0 Å². The average molecular weight is 255 g/mol. The first-order chi connectivity index (χ1) is 8.40. The van der Waals surface area contributed by atoms with Crippen LogP contribution in [0, 0.1) is 11.3 Å². The van der Waals surface area contributed by atoms with Crippen LogP contribution in [0.3, 0.4) is 0 Å². The Morgan fingerprint density at radius 2 is 2.06 bits per heavy atom. The molecular weight excluding hydrogens is 226 g/mol. The topological polar surface area (TPSA) is 40.5 Å². The molecule has 3 nitrogen and oxygen atoms in total. The Hall–Kier alpha value is -0.570. The van der Waals surface area contributed by atoms with Gasteiger partial charge in [-0.3, -0.25) is 4.79 Å². The van der Waals surface area contributed by atoms with Crippen molar-refractivity contribution >= 4 is 5.91 Å². The monoisotopic (exact) mass is 255 g/mol. The van der Waals surface area contributed by atoms with Gasteiger partial charge in [-0.2, -0.15) is 0 Å². The Morgan fingerprint density at radius 1 is 1.39 bits per heavy atom. The largest absolute Gasteiger partial charge is 0.396 e. The van der Waals surface area contributed by atoms with Crippen molar-refractivity contribution in [3.05, 3.63) is 0 Å². The molecule has 1 aliphatic carbocycles. The zero-order valence-electron chi connectivity index (χ0n) is 12.4. The van der Waals surface area contributed by atoms with Crippen LogP contribution in [-0.2, 0) is 4.79 Å². The van der Waals surface area contributed by atoms with Crippen molar-refractivity contribution in [2.75, 3.05) is 13.2 Å². The molecule has 0 heterocycles. The maximum absolute atomic E-state index is 12.7. The van der Waals surface area contributed by atoms with Crippen molar-refractivity contribution in [2.24, 2.45) is 11.3 Å². The number of hydrogen-bond donors (Lipinski definition) is 1. The molecule has 0 spiro atoms. The fraction of sp³-hybridized carbons (Fsp3) is 0.933. The van der Waals surface area contributed by atoms with Crippen LogP contribution in [0.5, 0.6) is 0 Å². The number of amides is 1. The Balaban J connectivity index is 2.74. The number of carbonyl (C=O) groups is 1. The van der Waals surface area contributed by atoms with Crippen molar-refractivity contribution in [1.82, 2.24) is 4.90 Å². The van der Waals surface area contributed by atoms with E-state index in [4.69, 9.17) is 5.11 Å². The van der Waals surface area contributed by atoms with E-state index in [0.29, 0.717) is 18.9 Å². The molecule has 1 aliphatic rings. The Bertz CT molecular complexity index is 274. The molecule has 106 valence electrons. The van der Waals surface area contributed by atoms with E-state index in [1.54, 1.807) is 0 Å². The lowest BCUT2D eigenvalue weighted by molar-refractivity contribution is -0.143. The zero-order valence-corrected chi connectivity index (χ0v) is 12.4. The predicted molar refractivity (Wildman–Crippen MR) is 74.3 cm³/mol. The van der Waals surface area contributed by atoms with Crippen LogP contribution in [0.15, 0.2) is 0 Å². The van der Waals surface area contributed by atoms with Gasteiger partial charge in [-0.15, -0.1) is 0 Å². The maximum Gasteiger partial charge on any atom is 0.226 e. The Kier molecular flexibility index (Phi) is 5.64. The molecule has 1 rings (SSSR count). The molecule has 0 aromatic rings. The molecule has 1 unspecified atom stereocenters. The van der Waals surface area contributed by atoms with Crippen molar-refractivity contribution in [3.63, 3.8) is 0 Å². The van der Waals surface area contributed by atoms with Gasteiger partial charge in [0.2, 0.25) is 5.91 Å². The molecule has 1 saturated carbocycles. The molecule has 0 bridgehead atoms. The van der Waals surface area contributed by atoms with E-state index in [1.165, 1.54) is 12.8 Å². The number of rotatable bonds is 5. The first-order valence-corrected chi connectivity index (χ1v) is 7.31. The summed E-state index contributed by atoms with van der Waals surface area (Å²) in [5.74, 6) is 0.454. The zero-order chi connectivity index (χ0) is 13.8. The van der Waals surface area contributed by atoms with Crippen LogP contribution in [0.4, 0.5) is 0 Å². The average Bonchev–Trinajstić information content (AvgIpc) is 2.28. The molecule has 0 radical (unpaired) electrons. The van der Waals surface area contributed by atoms with Crippen LogP contribution in [0.1, 0.15) is 59.8 Å². The van der Waals surface area contributed by atoms with Gasteiger partial charge in [0.15, 0.2) is 0 Å². The van der Waals surface area contributed by atoms with E-state index in [9.17, 15) is 4.79 Å². The molecule has 1 N–H and O–H groups in total. The fourth-order valence-electron chi connectivity index (χ4n) is 3.02. The van der Waals surface area contributed by atoms with Crippen LogP contribution in [0.25, 0.3) is 0 Å². The van der Waals surface area contributed by atoms with Crippen LogP contribution >= 0.6 is 0 Å². The smallest absolute Gasteiger partial charge is 0.226 e. The molecule has 1 amide bonds. The molecule has 0 aromatic carbocycles. The molecular formula is C15H29NO2. The van der Waals surface area contributed by atoms with Gasteiger partial charge in [0, 0.05) is 25.1 Å². The van der Waals surface area contributed by atoms with Gasteiger partial charge >= 0.3 is 0 Å². The summed E-state index contributed by atoms with van der Waals surface area (Å²) in [7, 11) is 0. The summed E-state index contributed by atoms with van der Waals surface area (Å²) < 4.78 is 0. The van der Waals surface area contributed by atoms with Crippen LogP contribution < -0.4 is 0 Å².